The van der Waals surface area contributed by atoms with Crippen LogP contribution in [-0.2, 0) is 5.75 Å². The summed E-state index contributed by atoms with van der Waals surface area (Å²) in [5.74, 6) is 1.55. The highest BCUT2D eigenvalue weighted by Crippen LogP contribution is 2.43. The SMILES string of the molecule is COc1cc(C2Nc3ccccc3-c3nnc(SCc4ccccc4)nc3O2)cc(OC)c1O. The highest BCUT2D eigenvalue weighted by Gasteiger charge is 2.27. The molecular formula is C25H22N4O4S. The van der Waals surface area contributed by atoms with Crippen molar-refractivity contribution in [3.63, 3.8) is 0 Å². The van der Waals surface area contributed by atoms with Crippen LogP contribution in [0.15, 0.2) is 71.9 Å². The number of anilines is 1. The minimum atomic E-state index is -0.644. The average Bonchev–Trinajstić information content (AvgIpc) is 3.05. The number of para-hydroxylation sites is 1. The fourth-order valence-corrected chi connectivity index (χ4v) is 4.38. The maximum Gasteiger partial charge on any atom is 0.247 e. The van der Waals surface area contributed by atoms with E-state index >= 15 is 0 Å². The summed E-state index contributed by atoms with van der Waals surface area (Å²) < 4.78 is 17.0. The summed E-state index contributed by atoms with van der Waals surface area (Å²) in [6.07, 6.45) is -0.644. The lowest BCUT2D eigenvalue weighted by Gasteiger charge is -2.21. The summed E-state index contributed by atoms with van der Waals surface area (Å²) in [6, 6.07) is 21.2. The van der Waals surface area contributed by atoms with Crippen LogP contribution in [0.2, 0.25) is 0 Å². The molecule has 1 aliphatic rings. The van der Waals surface area contributed by atoms with Crippen LogP contribution in [0.25, 0.3) is 11.3 Å². The van der Waals surface area contributed by atoms with Gasteiger partial charge in [0.25, 0.3) is 0 Å². The van der Waals surface area contributed by atoms with Gasteiger partial charge in [0.05, 0.1) is 14.2 Å². The topological polar surface area (TPSA) is 98.6 Å². The summed E-state index contributed by atoms with van der Waals surface area (Å²) in [5.41, 5.74) is 4.05. The Labute approximate surface area is 200 Å². The van der Waals surface area contributed by atoms with E-state index in [0.717, 1.165) is 11.3 Å². The zero-order chi connectivity index (χ0) is 23.5. The van der Waals surface area contributed by atoms with E-state index in [9.17, 15) is 5.11 Å². The Morgan fingerprint density at radius 1 is 0.971 bits per heavy atom. The van der Waals surface area contributed by atoms with Crippen LogP contribution in [0.4, 0.5) is 5.69 Å². The van der Waals surface area contributed by atoms with Crippen molar-refractivity contribution >= 4 is 17.4 Å². The van der Waals surface area contributed by atoms with Gasteiger partial charge in [0.15, 0.2) is 23.4 Å². The molecule has 0 spiro atoms. The van der Waals surface area contributed by atoms with E-state index in [1.807, 2.05) is 42.5 Å². The van der Waals surface area contributed by atoms with Crippen LogP contribution in [0, 0.1) is 0 Å². The first-order valence-corrected chi connectivity index (χ1v) is 11.5. The van der Waals surface area contributed by atoms with Gasteiger partial charge in [0.1, 0.15) is 0 Å². The van der Waals surface area contributed by atoms with Crippen molar-refractivity contribution in [2.24, 2.45) is 0 Å². The van der Waals surface area contributed by atoms with E-state index in [0.29, 0.717) is 28.0 Å². The quantitative estimate of drug-likeness (QED) is 0.372. The molecule has 1 aliphatic heterocycles. The first kappa shape index (κ1) is 21.8. The summed E-state index contributed by atoms with van der Waals surface area (Å²) in [4.78, 5) is 4.68. The standard InChI is InChI=1S/C25H22N4O4S/c1-31-19-12-16(13-20(32-2)22(19)30)23-26-18-11-7-6-10-17(18)21-24(33-23)27-25(29-28-21)34-14-15-8-4-3-5-9-15/h3-13,23,26,30H,14H2,1-2H3. The number of aromatic nitrogens is 3. The predicted molar refractivity (Wildman–Crippen MR) is 129 cm³/mol. The fourth-order valence-electron chi connectivity index (χ4n) is 3.65. The molecule has 1 unspecified atom stereocenters. The molecule has 1 aromatic heterocycles. The molecule has 4 aromatic rings. The molecule has 2 N–H and O–H groups in total. The van der Waals surface area contributed by atoms with Crippen LogP contribution in [0.3, 0.4) is 0 Å². The molecule has 0 saturated heterocycles. The molecule has 0 radical (unpaired) electrons. The molecule has 3 aromatic carbocycles. The number of nitrogens with zero attached hydrogens (tertiary/aromatic N) is 3. The van der Waals surface area contributed by atoms with Crippen LogP contribution in [0.1, 0.15) is 17.4 Å². The number of fused-ring (bicyclic) bond motifs is 3. The molecular weight excluding hydrogens is 452 g/mol. The minimum Gasteiger partial charge on any atom is -0.502 e. The molecule has 1 atom stereocenters. The van der Waals surface area contributed by atoms with Crippen LogP contribution >= 0.6 is 11.8 Å². The van der Waals surface area contributed by atoms with Crippen molar-refractivity contribution in [1.82, 2.24) is 15.2 Å². The lowest BCUT2D eigenvalue weighted by molar-refractivity contribution is 0.223. The van der Waals surface area contributed by atoms with Gasteiger partial charge >= 0.3 is 0 Å². The number of phenols is 1. The Morgan fingerprint density at radius 3 is 2.41 bits per heavy atom. The summed E-state index contributed by atoms with van der Waals surface area (Å²) in [6.45, 7) is 0. The molecule has 5 rings (SSSR count). The van der Waals surface area contributed by atoms with Crippen molar-refractivity contribution in [3.8, 4) is 34.4 Å². The highest BCUT2D eigenvalue weighted by atomic mass is 32.2. The third-order valence-corrected chi connectivity index (χ3v) is 6.26. The predicted octanol–water partition coefficient (Wildman–Crippen LogP) is 5.06. The van der Waals surface area contributed by atoms with Gasteiger partial charge in [-0.05, 0) is 23.8 Å². The van der Waals surface area contributed by atoms with E-state index in [4.69, 9.17) is 14.2 Å². The van der Waals surface area contributed by atoms with E-state index in [1.54, 1.807) is 12.1 Å². The Morgan fingerprint density at radius 2 is 1.68 bits per heavy atom. The number of benzene rings is 3. The third kappa shape index (κ3) is 4.29. The first-order valence-electron chi connectivity index (χ1n) is 10.5. The number of phenolic OH excluding ortho intramolecular Hbond substituents is 1. The number of nitrogens with one attached hydrogen (secondary N) is 1. The van der Waals surface area contributed by atoms with Gasteiger partial charge in [0, 0.05) is 22.6 Å². The summed E-state index contributed by atoms with van der Waals surface area (Å²) >= 11 is 1.49. The maximum absolute atomic E-state index is 10.3. The molecule has 0 fully saturated rings. The van der Waals surface area contributed by atoms with Gasteiger partial charge in [-0.1, -0.05) is 60.3 Å². The second-order valence-corrected chi connectivity index (χ2v) is 8.43. The molecule has 8 nitrogen and oxygen atoms in total. The Hall–Kier alpha value is -3.98. The van der Waals surface area contributed by atoms with Crippen molar-refractivity contribution in [2.75, 3.05) is 19.5 Å². The normalized spacial score (nSPS) is 14.1. The zero-order valence-electron chi connectivity index (χ0n) is 18.6. The van der Waals surface area contributed by atoms with Crippen LogP contribution in [-0.4, -0.2) is 34.5 Å². The van der Waals surface area contributed by atoms with Gasteiger partial charge < -0.3 is 24.6 Å². The first-order chi connectivity index (χ1) is 16.7. The summed E-state index contributed by atoms with van der Waals surface area (Å²) in [5, 5.41) is 23.0. The molecule has 0 aliphatic carbocycles. The second-order valence-electron chi connectivity index (χ2n) is 7.48. The fraction of sp³-hybridized carbons (Fsp3) is 0.160. The van der Waals surface area contributed by atoms with Gasteiger partial charge in [-0.25, -0.2) is 0 Å². The number of hydrogen-bond acceptors (Lipinski definition) is 9. The minimum absolute atomic E-state index is 0.0771. The van der Waals surface area contributed by atoms with E-state index in [1.165, 1.54) is 31.5 Å². The lowest BCUT2D eigenvalue weighted by atomic mass is 10.1. The Bertz CT molecular complexity index is 1290. The molecule has 172 valence electrons. The number of rotatable bonds is 6. The number of thioether (sulfide) groups is 1. The van der Waals surface area contributed by atoms with Crippen molar-refractivity contribution < 1.29 is 19.3 Å². The van der Waals surface area contributed by atoms with Crippen molar-refractivity contribution in [1.29, 1.82) is 0 Å². The van der Waals surface area contributed by atoms with Gasteiger partial charge in [-0.15, -0.1) is 10.2 Å². The van der Waals surface area contributed by atoms with E-state index in [2.05, 4.69) is 32.6 Å². The molecule has 34 heavy (non-hydrogen) atoms. The number of aromatic hydroxyl groups is 1. The van der Waals surface area contributed by atoms with Gasteiger partial charge in [-0.2, -0.15) is 4.98 Å². The monoisotopic (exact) mass is 474 g/mol. The van der Waals surface area contributed by atoms with Crippen LogP contribution < -0.4 is 19.5 Å². The average molecular weight is 475 g/mol. The van der Waals surface area contributed by atoms with Crippen molar-refractivity contribution in [3.05, 3.63) is 77.9 Å². The van der Waals surface area contributed by atoms with E-state index < -0.39 is 6.23 Å². The molecule has 0 bridgehead atoms. The zero-order valence-corrected chi connectivity index (χ0v) is 19.4. The Kier molecular flexibility index (Phi) is 6.09. The second kappa shape index (κ2) is 9.48. The largest absolute Gasteiger partial charge is 0.502 e. The number of ether oxygens (including phenoxy) is 3. The number of methoxy groups -OCH3 is 2. The van der Waals surface area contributed by atoms with Crippen LogP contribution in [0.5, 0.6) is 23.1 Å². The molecule has 0 saturated carbocycles. The Balaban J connectivity index is 1.53. The maximum atomic E-state index is 10.3. The highest BCUT2D eigenvalue weighted by molar-refractivity contribution is 7.98. The summed E-state index contributed by atoms with van der Waals surface area (Å²) in [7, 11) is 2.97. The molecule has 0 amide bonds. The molecule has 2 heterocycles. The van der Waals surface area contributed by atoms with Gasteiger partial charge in [-0.3, -0.25) is 0 Å². The lowest BCUT2D eigenvalue weighted by Crippen LogP contribution is -2.17. The van der Waals surface area contributed by atoms with Gasteiger partial charge in [0.2, 0.25) is 16.8 Å². The number of hydrogen-bond donors (Lipinski definition) is 2. The van der Waals surface area contributed by atoms with Crippen molar-refractivity contribution in [2.45, 2.75) is 17.1 Å². The third-order valence-electron chi connectivity index (χ3n) is 5.35. The van der Waals surface area contributed by atoms with E-state index in [-0.39, 0.29) is 17.2 Å². The smallest absolute Gasteiger partial charge is 0.247 e. The molecule has 9 heteroatoms.